The van der Waals surface area contributed by atoms with Crippen LogP contribution in [-0.2, 0) is 9.53 Å². The van der Waals surface area contributed by atoms with Crippen LogP contribution in [0.5, 0.6) is 0 Å². The highest BCUT2D eigenvalue weighted by Gasteiger charge is 2.31. The fourth-order valence-corrected chi connectivity index (χ4v) is 2.27. The van der Waals surface area contributed by atoms with Gasteiger partial charge in [0.15, 0.2) is 0 Å². The number of rotatable bonds is 3. The van der Waals surface area contributed by atoms with Gasteiger partial charge in [0, 0.05) is 19.7 Å². The Balaban J connectivity index is 1.74. The third-order valence-electron chi connectivity index (χ3n) is 3.37. The van der Waals surface area contributed by atoms with Crippen molar-refractivity contribution in [2.75, 3.05) is 26.2 Å². The molecule has 86 valence electrons. The van der Waals surface area contributed by atoms with Crippen LogP contribution in [0.25, 0.3) is 0 Å². The molecule has 2 aliphatic heterocycles. The van der Waals surface area contributed by atoms with Crippen LogP contribution in [0.2, 0.25) is 0 Å². The van der Waals surface area contributed by atoms with Crippen LogP contribution >= 0.6 is 0 Å². The monoisotopic (exact) mass is 212 g/mol. The van der Waals surface area contributed by atoms with E-state index in [2.05, 4.69) is 17.6 Å². The van der Waals surface area contributed by atoms with Gasteiger partial charge >= 0.3 is 0 Å². The minimum Gasteiger partial charge on any atom is -0.373 e. The molecule has 0 aromatic rings. The molecule has 2 N–H and O–H groups in total. The zero-order chi connectivity index (χ0) is 10.7. The van der Waals surface area contributed by atoms with Crippen molar-refractivity contribution in [1.29, 1.82) is 0 Å². The topological polar surface area (TPSA) is 50.4 Å². The molecule has 0 aromatic carbocycles. The fraction of sp³-hybridized carbons (Fsp3) is 0.909. The van der Waals surface area contributed by atoms with Gasteiger partial charge in [-0.3, -0.25) is 4.79 Å². The van der Waals surface area contributed by atoms with E-state index in [1.807, 2.05) is 0 Å². The van der Waals surface area contributed by atoms with Gasteiger partial charge < -0.3 is 15.4 Å². The second kappa shape index (κ2) is 4.49. The van der Waals surface area contributed by atoms with Gasteiger partial charge in [0.05, 0.1) is 11.5 Å². The predicted octanol–water partition coefficient (Wildman–Crippen LogP) is 0.281. The summed E-state index contributed by atoms with van der Waals surface area (Å²) in [6, 6.07) is 0. The second-order valence-electron chi connectivity index (χ2n) is 4.81. The van der Waals surface area contributed by atoms with Crippen LogP contribution in [-0.4, -0.2) is 37.7 Å². The minimum atomic E-state index is -0.123. The average Bonchev–Trinajstić information content (AvgIpc) is 2.85. The van der Waals surface area contributed by atoms with Crippen molar-refractivity contribution in [3.63, 3.8) is 0 Å². The number of nitrogens with one attached hydrogen (secondary N) is 2. The molecule has 2 atom stereocenters. The summed E-state index contributed by atoms with van der Waals surface area (Å²) in [4.78, 5) is 11.7. The molecule has 4 nitrogen and oxygen atoms in total. The Hall–Kier alpha value is -0.610. The lowest BCUT2D eigenvalue weighted by molar-refractivity contribution is -0.125. The zero-order valence-electron chi connectivity index (χ0n) is 9.34. The van der Waals surface area contributed by atoms with Crippen molar-refractivity contribution >= 4 is 5.91 Å². The molecule has 0 radical (unpaired) electrons. The van der Waals surface area contributed by atoms with Gasteiger partial charge in [-0.2, -0.15) is 0 Å². The largest absolute Gasteiger partial charge is 0.373 e. The van der Waals surface area contributed by atoms with Crippen LogP contribution < -0.4 is 10.6 Å². The molecule has 0 aromatic heterocycles. The summed E-state index contributed by atoms with van der Waals surface area (Å²) in [6.07, 6.45) is 3.12. The van der Waals surface area contributed by atoms with Crippen molar-refractivity contribution < 1.29 is 9.53 Å². The van der Waals surface area contributed by atoms with Crippen LogP contribution in [0.3, 0.4) is 0 Å². The molecule has 0 spiro atoms. The first-order valence-corrected chi connectivity index (χ1v) is 5.82. The van der Waals surface area contributed by atoms with E-state index in [4.69, 9.17) is 4.74 Å². The summed E-state index contributed by atoms with van der Waals surface area (Å²) in [5.74, 6) is 0.340. The summed E-state index contributed by atoms with van der Waals surface area (Å²) < 4.78 is 5.62. The first kappa shape index (κ1) is 10.9. The lowest BCUT2D eigenvalue weighted by Crippen LogP contribution is -2.42. The van der Waals surface area contributed by atoms with Crippen LogP contribution in [0.1, 0.15) is 26.2 Å². The highest BCUT2D eigenvalue weighted by atomic mass is 16.5. The van der Waals surface area contributed by atoms with E-state index in [9.17, 15) is 4.79 Å². The molecule has 1 unspecified atom stereocenters. The average molecular weight is 212 g/mol. The van der Waals surface area contributed by atoms with Crippen molar-refractivity contribution in [3.8, 4) is 0 Å². The Morgan fingerprint density at radius 1 is 1.67 bits per heavy atom. The molecular formula is C11H20N2O2. The first-order valence-electron chi connectivity index (χ1n) is 5.82. The number of carbonyl (C=O) groups is 1. The summed E-state index contributed by atoms with van der Waals surface area (Å²) >= 11 is 0. The standard InChI is InChI=1S/C11H20N2O2/c1-11(4-2-6-15-11)8-13-10(14)9-3-5-12-7-9/h9,12H,2-8H2,1H3,(H,13,14)/t9-,11?/m1/s1. The molecule has 2 heterocycles. The molecule has 0 bridgehead atoms. The van der Waals surface area contributed by atoms with Crippen molar-refractivity contribution in [2.24, 2.45) is 5.92 Å². The van der Waals surface area contributed by atoms with Crippen molar-refractivity contribution in [1.82, 2.24) is 10.6 Å². The maximum Gasteiger partial charge on any atom is 0.224 e. The highest BCUT2D eigenvalue weighted by Crippen LogP contribution is 2.24. The smallest absolute Gasteiger partial charge is 0.224 e. The molecule has 2 saturated heterocycles. The summed E-state index contributed by atoms with van der Waals surface area (Å²) in [5.41, 5.74) is -0.123. The lowest BCUT2D eigenvalue weighted by atomic mass is 10.0. The van der Waals surface area contributed by atoms with Gasteiger partial charge in [-0.1, -0.05) is 0 Å². The molecule has 4 heteroatoms. The molecule has 1 amide bonds. The van der Waals surface area contributed by atoms with Gasteiger partial charge in [-0.25, -0.2) is 0 Å². The van der Waals surface area contributed by atoms with E-state index in [1.54, 1.807) is 0 Å². The van der Waals surface area contributed by atoms with Crippen molar-refractivity contribution in [3.05, 3.63) is 0 Å². The van der Waals surface area contributed by atoms with E-state index < -0.39 is 0 Å². The Morgan fingerprint density at radius 2 is 2.53 bits per heavy atom. The highest BCUT2D eigenvalue weighted by molar-refractivity contribution is 5.79. The van der Waals surface area contributed by atoms with E-state index in [0.717, 1.165) is 39.0 Å². The maximum absolute atomic E-state index is 11.7. The normalized spacial score (nSPS) is 35.7. The molecule has 0 aliphatic carbocycles. The second-order valence-corrected chi connectivity index (χ2v) is 4.81. The zero-order valence-corrected chi connectivity index (χ0v) is 9.34. The Labute approximate surface area is 90.8 Å². The molecule has 15 heavy (non-hydrogen) atoms. The van der Waals surface area contributed by atoms with Gasteiger partial charge in [0.25, 0.3) is 0 Å². The van der Waals surface area contributed by atoms with E-state index in [1.165, 1.54) is 0 Å². The van der Waals surface area contributed by atoms with Crippen molar-refractivity contribution in [2.45, 2.75) is 31.8 Å². The van der Waals surface area contributed by atoms with Crippen LogP contribution in [0.4, 0.5) is 0 Å². The molecule has 2 aliphatic rings. The molecule has 2 rings (SSSR count). The number of hydrogen-bond donors (Lipinski definition) is 2. The summed E-state index contributed by atoms with van der Waals surface area (Å²) in [6.45, 7) is 5.35. The molecular weight excluding hydrogens is 192 g/mol. The Bertz CT molecular complexity index is 231. The fourth-order valence-electron chi connectivity index (χ4n) is 2.27. The van der Waals surface area contributed by atoms with E-state index in [-0.39, 0.29) is 17.4 Å². The van der Waals surface area contributed by atoms with Gasteiger partial charge in [-0.05, 0) is 32.7 Å². The van der Waals surface area contributed by atoms with E-state index in [0.29, 0.717) is 6.54 Å². The quantitative estimate of drug-likeness (QED) is 0.706. The van der Waals surface area contributed by atoms with Crippen LogP contribution in [0.15, 0.2) is 0 Å². The van der Waals surface area contributed by atoms with Crippen LogP contribution in [0, 0.1) is 5.92 Å². The Kier molecular flexibility index (Phi) is 3.26. The van der Waals surface area contributed by atoms with Gasteiger partial charge in [0.2, 0.25) is 5.91 Å². The molecule has 2 fully saturated rings. The third kappa shape index (κ3) is 2.69. The predicted molar refractivity (Wildman–Crippen MR) is 57.6 cm³/mol. The van der Waals surface area contributed by atoms with Gasteiger partial charge in [-0.15, -0.1) is 0 Å². The number of hydrogen-bond acceptors (Lipinski definition) is 3. The lowest BCUT2D eigenvalue weighted by Gasteiger charge is -2.24. The number of ether oxygens (including phenoxy) is 1. The minimum absolute atomic E-state index is 0.123. The number of amides is 1. The van der Waals surface area contributed by atoms with E-state index >= 15 is 0 Å². The maximum atomic E-state index is 11.7. The van der Waals surface area contributed by atoms with Gasteiger partial charge in [0.1, 0.15) is 0 Å². The third-order valence-corrected chi connectivity index (χ3v) is 3.37. The number of carbonyl (C=O) groups excluding carboxylic acids is 1. The SMILES string of the molecule is CC1(CNC(=O)[C@@H]2CCNC2)CCCO1. The first-order chi connectivity index (χ1) is 7.20. The Morgan fingerprint density at radius 3 is 3.13 bits per heavy atom. The summed E-state index contributed by atoms with van der Waals surface area (Å²) in [7, 11) is 0. The molecule has 0 saturated carbocycles. The summed E-state index contributed by atoms with van der Waals surface area (Å²) in [5, 5.41) is 6.20.